The first-order valence-electron chi connectivity index (χ1n) is 20.1. The summed E-state index contributed by atoms with van der Waals surface area (Å²) in [5.74, 6) is -13.1. The lowest BCUT2D eigenvalue weighted by Crippen LogP contribution is -2.58. The highest BCUT2D eigenvalue weighted by atomic mass is 16.4. The fraction of sp³-hybridized carbons (Fsp3) is 0.667. The maximum Gasteiger partial charge on any atom is 0.328 e. The number of carbonyl (C=O) groups excluding carboxylic acids is 8. The normalized spacial score (nSPS) is 14.0. The molecule has 0 aromatic rings. The molecule has 0 radical (unpaired) electrons. The van der Waals surface area contributed by atoms with Crippen LogP contribution >= 0.6 is 0 Å². The fourth-order valence-electron chi connectivity index (χ4n) is 5.30. The molecule has 362 valence electrons. The second kappa shape index (κ2) is 30.4. The number of unbranched alkanes of at least 4 members (excludes halogenated alkanes) is 1. The standard InChI is InChI=1S/C36H63N13O15/c1-17(2)28(34(62)48-23(16-50)35(63)64)49-33(61)20(8-6-12-41-36(39)40)45-25(52)15-42-24(51)14-43-31(59)22(13-27(55)56)47-32(60)21(9-10-26(53)54)46-29(57)18(3)44-30(58)19(38)7-4-5-11-37/h17-23,28,50H,4-16,37-38H2,1-3H3,(H,42,51)(H,43,59)(H,44,58)(H,45,52)(H,46,57)(H,47,60)(H,48,62)(H,49,61)(H,53,54)(H,55,56)(H,63,64)(H4,39,40,41)/t18-,19-,20-,21-,22-,23-,28-/m0/s1. The van der Waals surface area contributed by atoms with Crippen LogP contribution in [0, 0.1) is 5.92 Å². The van der Waals surface area contributed by atoms with Crippen LogP contribution in [-0.2, 0) is 52.7 Å². The lowest BCUT2D eigenvalue weighted by Gasteiger charge is -2.26. The van der Waals surface area contributed by atoms with Crippen molar-refractivity contribution in [3.63, 3.8) is 0 Å². The Kier molecular flexibility index (Phi) is 27.2. The van der Waals surface area contributed by atoms with Gasteiger partial charge in [0.15, 0.2) is 5.96 Å². The number of guanidine groups is 1. The molecule has 7 atom stereocenters. The molecule has 0 heterocycles. The van der Waals surface area contributed by atoms with Crippen LogP contribution in [0.4, 0.5) is 0 Å². The predicted octanol–water partition coefficient (Wildman–Crippen LogP) is -7.27. The Hall–Kier alpha value is -6.68. The average molecular weight is 918 g/mol. The number of aliphatic imine (C=N–C) groups is 1. The van der Waals surface area contributed by atoms with Gasteiger partial charge in [-0.1, -0.05) is 20.3 Å². The van der Waals surface area contributed by atoms with Crippen LogP contribution in [0.2, 0.25) is 0 Å². The van der Waals surface area contributed by atoms with Crippen LogP contribution in [0.25, 0.3) is 0 Å². The Balaban J connectivity index is 5.72. The van der Waals surface area contributed by atoms with Gasteiger partial charge >= 0.3 is 17.9 Å². The SMILES string of the molecule is CC(C)[C@H](NC(=O)[C@H](CCCN=C(N)N)NC(=O)CNC(=O)CNC(=O)[C@H](CC(=O)O)NC(=O)[C@H](CCC(=O)O)NC(=O)[C@H](C)NC(=O)[C@@H](N)CCCCN)C(=O)N[C@@H](CO)C(=O)O. The van der Waals surface area contributed by atoms with E-state index in [1.165, 1.54) is 20.8 Å². The Morgan fingerprint density at radius 2 is 1.16 bits per heavy atom. The molecule has 28 nitrogen and oxygen atoms in total. The van der Waals surface area contributed by atoms with E-state index in [0.717, 1.165) is 0 Å². The molecule has 0 bridgehead atoms. The minimum absolute atomic E-state index is 0.0231. The Morgan fingerprint density at radius 3 is 1.70 bits per heavy atom. The molecule has 0 unspecified atom stereocenters. The van der Waals surface area contributed by atoms with Gasteiger partial charge in [-0.2, -0.15) is 0 Å². The number of carbonyl (C=O) groups is 11. The van der Waals surface area contributed by atoms with E-state index >= 15 is 0 Å². The van der Waals surface area contributed by atoms with E-state index in [1.54, 1.807) is 0 Å². The van der Waals surface area contributed by atoms with Crippen LogP contribution in [0.1, 0.15) is 72.1 Å². The van der Waals surface area contributed by atoms with E-state index in [-0.39, 0.29) is 31.8 Å². The predicted molar refractivity (Wildman–Crippen MR) is 223 cm³/mol. The van der Waals surface area contributed by atoms with Gasteiger partial charge in [-0.15, -0.1) is 0 Å². The van der Waals surface area contributed by atoms with Crippen molar-refractivity contribution in [3.05, 3.63) is 0 Å². The lowest BCUT2D eigenvalue weighted by atomic mass is 10.0. The maximum absolute atomic E-state index is 13.3. The molecule has 28 heteroatoms. The number of aliphatic hydroxyl groups excluding tert-OH is 1. The van der Waals surface area contributed by atoms with Crippen LogP contribution in [0.3, 0.4) is 0 Å². The number of aliphatic carboxylic acids is 3. The van der Waals surface area contributed by atoms with Gasteiger partial charge in [-0.05, 0) is 51.5 Å². The summed E-state index contributed by atoms with van der Waals surface area (Å²) in [6, 6.07) is -10.1. The summed E-state index contributed by atoms with van der Waals surface area (Å²) in [5, 5.41) is 55.0. The van der Waals surface area contributed by atoms with Crippen LogP contribution < -0.4 is 65.5 Å². The number of aliphatic hydroxyl groups is 1. The molecule has 0 aliphatic rings. The van der Waals surface area contributed by atoms with Crippen molar-refractivity contribution in [1.82, 2.24) is 42.5 Å². The fourth-order valence-corrected chi connectivity index (χ4v) is 5.30. The van der Waals surface area contributed by atoms with Gasteiger partial charge < -0.3 is 85.9 Å². The van der Waals surface area contributed by atoms with Gasteiger partial charge in [-0.25, -0.2) is 4.79 Å². The number of nitrogens with one attached hydrogen (secondary N) is 8. The molecule has 0 fully saturated rings. The molecule has 0 saturated carbocycles. The molecular formula is C36H63N13O15. The highest BCUT2D eigenvalue weighted by molar-refractivity contribution is 5.97. The number of hydrogen-bond donors (Lipinski definition) is 16. The molecule has 0 aliphatic heterocycles. The largest absolute Gasteiger partial charge is 0.481 e. The van der Waals surface area contributed by atoms with E-state index in [9.17, 15) is 73.2 Å². The summed E-state index contributed by atoms with van der Waals surface area (Å²) < 4.78 is 0. The number of nitrogens with two attached hydrogens (primary N) is 4. The van der Waals surface area contributed by atoms with Crippen LogP contribution in [0.5, 0.6) is 0 Å². The number of carboxylic acid groups (broad SMARTS) is 3. The average Bonchev–Trinajstić information content (AvgIpc) is 3.21. The minimum atomic E-state index is -1.87. The molecule has 0 aliphatic carbocycles. The zero-order chi connectivity index (χ0) is 49.1. The summed E-state index contributed by atoms with van der Waals surface area (Å²) in [6.45, 7) is 2.15. The van der Waals surface area contributed by atoms with Crippen molar-refractivity contribution < 1.29 is 73.2 Å². The van der Waals surface area contributed by atoms with Crippen molar-refractivity contribution in [3.8, 4) is 0 Å². The van der Waals surface area contributed by atoms with Crippen molar-refractivity contribution >= 4 is 71.1 Å². The van der Waals surface area contributed by atoms with E-state index < -0.39 is 152 Å². The second-order valence-corrected chi connectivity index (χ2v) is 14.6. The molecule has 8 amide bonds. The molecule has 0 rings (SSSR count). The van der Waals surface area contributed by atoms with Gasteiger partial charge in [0, 0.05) is 13.0 Å². The number of rotatable bonds is 32. The van der Waals surface area contributed by atoms with Crippen LogP contribution in [-0.4, -0.2) is 167 Å². The lowest BCUT2D eigenvalue weighted by molar-refractivity contribution is -0.143. The van der Waals surface area contributed by atoms with Crippen molar-refractivity contribution in [2.75, 3.05) is 32.8 Å². The molecule has 0 aromatic heterocycles. The molecule has 0 spiro atoms. The Morgan fingerprint density at radius 1 is 0.578 bits per heavy atom. The van der Waals surface area contributed by atoms with Gasteiger partial charge in [0.1, 0.15) is 36.3 Å². The third-order valence-electron chi connectivity index (χ3n) is 8.86. The molecule has 0 saturated heterocycles. The Labute approximate surface area is 367 Å². The first kappa shape index (κ1) is 57.3. The number of nitrogens with zero attached hydrogens (tertiary/aromatic N) is 1. The zero-order valence-electron chi connectivity index (χ0n) is 35.8. The monoisotopic (exact) mass is 917 g/mol. The van der Waals surface area contributed by atoms with Gasteiger partial charge in [0.05, 0.1) is 32.2 Å². The van der Waals surface area contributed by atoms with Crippen molar-refractivity contribution in [2.45, 2.75) is 114 Å². The maximum atomic E-state index is 13.3. The molecule has 0 aromatic carbocycles. The quantitative estimate of drug-likeness (QED) is 0.0169. The number of amides is 8. The summed E-state index contributed by atoms with van der Waals surface area (Å²) in [5.41, 5.74) is 21.9. The summed E-state index contributed by atoms with van der Waals surface area (Å²) in [7, 11) is 0. The van der Waals surface area contributed by atoms with Gasteiger partial charge in [-0.3, -0.25) is 52.9 Å². The van der Waals surface area contributed by atoms with Crippen molar-refractivity contribution in [1.29, 1.82) is 0 Å². The van der Waals surface area contributed by atoms with E-state index in [2.05, 4.69) is 47.5 Å². The first-order chi connectivity index (χ1) is 29.9. The third-order valence-corrected chi connectivity index (χ3v) is 8.86. The molecular weight excluding hydrogens is 854 g/mol. The van der Waals surface area contributed by atoms with E-state index in [4.69, 9.17) is 22.9 Å². The number of carboxylic acids is 3. The molecule has 64 heavy (non-hydrogen) atoms. The minimum Gasteiger partial charge on any atom is -0.481 e. The number of hydrogen-bond acceptors (Lipinski definition) is 15. The third kappa shape index (κ3) is 24.1. The van der Waals surface area contributed by atoms with Crippen LogP contribution in [0.15, 0.2) is 4.99 Å². The topological polar surface area (TPSA) is 481 Å². The van der Waals surface area contributed by atoms with Gasteiger partial charge in [0.25, 0.3) is 0 Å². The second-order valence-electron chi connectivity index (χ2n) is 14.6. The zero-order valence-corrected chi connectivity index (χ0v) is 35.8. The Bertz CT molecular complexity index is 1680. The van der Waals surface area contributed by atoms with E-state index in [0.29, 0.717) is 19.4 Å². The molecule has 20 N–H and O–H groups in total. The smallest absolute Gasteiger partial charge is 0.328 e. The van der Waals surface area contributed by atoms with Gasteiger partial charge in [0.2, 0.25) is 47.3 Å². The summed E-state index contributed by atoms with van der Waals surface area (Å²) in [6.07, 6.45) is -0.771. The highest BCUT2D eigenvalue weighted by Crippen LogP contribution is 2.07. The highest BCUT2D eigenvalue weighted by Gasteiger charge is 2.33. The summed E-state index contributed by atoms with van der Waals surface area (Å²) in [4.78, 5) is 141. The van der Waals surface area contributed by atoms with Crippen molar-refractivity contribution in [2.24, 2.45) is 33.8 Å². The first-order valence-corrected chi connectivity index (χ1v) is 20.1. The summed E-state index contributed by atoms with van der Waals surface area (Å²) >= 11 is 0. The van der Waals surface area contributed by atoms with E-state index in [1.807, 2.05) is 0 Å².